The van der Waals surface area contributed by atoms with Crippen molar-refractivity contribution in [3.05, 3.63) is 71.4 Å². The Kier molecular flexibility index (Phi) is 4.05. The Morgan fingerprint density at radius 3 is 2.85 bits per heavy atom. The molecule has 3 N–H and O–H groups in total. The van der Waals surface area contributed by atoms with Crippen molar-refractivity contribution in [1.82, 2.24) is 10.3 Å². The van der Waals surface area contributed by atoms with Crippen LogP contribution in [0.5, 0.6) is 5.75 Å². The summed E-state index contributed by atoms with van der Waals surface area (Å²) in [7, 11) is 0. The third-order valence-corrected chi connectivity index (χ3v) is 6.32. The van der Waals surface area contributed by atoms with Gasteiger partial charge in [0.05, 0.1) is 0 Å². The van der Waals surface area contributed by atoms with E-state index < -0.39 is 0 Å². The molecule has 0 spiro atoms. The minimum absolute atomic E-state index is 0.338. The fraction of sp³-hybridized carbons (Fsp3) is 0.333. The van der Waals surface area contributed by atoms with Crippen molar-refractivity contribution in [1.29, 1.82) is 0 Å². The zero-order valence-electron chi connectivity index (χ0n) is 15.7. The molecule has 138 valence electrons. The van der Waals surface area contributed by atoms with Gasteiger partial charge in [0.2, 0.25) is 0 Å². The van der Waals surface area contributed by atoms with Crippen LogP contribution in [0.25, 0.3) is 16.5 Å². The number of hydrogen-bond acceptors (Lipinski definition) is 2. The van der Waals surface area contributed by atoms with Crippen LogP contribution in [-0.4, -0.2) is 22.7 Å². The molecular weight excluding hydrogens is 332 g/mol. The van der Waals surface area contributed by atoms with Crippen LogP contribution in [-0.2, 0) is 6.42 Å². The molecule has 0 bridgehead atoms. The first-order valence-electron chi connectivity index (χ1n) is 10.0. The maximum Gasteiger partial charge on any atom is 0.116 e. The average Bonchev–Trinajstić information content (AvgIpc) is 3.07. The lowest BCUT2D eigenvalue weighted by atomic mass is 9.73. The van der Waals surface area contributed by atoms with E-state index in [4.69, 9.17) is 0 Å². The highest BCUT2D eigenvalue weighted by molar-refractivity contribution is 5.85. The smallest absolute Gasteiger partial charge is 0.116 e. The van der Waals surface area contributed by atoms with Crippen molar-refractivity contribution in [2.75, 3.05) is 6.54 Å². The first kappa shape index (κ1) is 16.6. The van der Waals surface area contributed by atoms with Crippen molar-refractivity contribution >= 4 is 16.5 Å². The van der Waals surface area contributed by atoms with Crippen molar-refractivity contribution < 1.29 is 5.11 Å². The van der Waals surface area contributed by atoms with E-state index in [1.54, 1.807) is 6.07 Å². The van der Waals surface area contributed by atoms with Crippen LogP contribution in [0.4, 0.5) is 0 Å². The Bertz CT molecular complexity index is 1020. The lowest BCUT2D eigenvalue weighted by molar-refractivity contribution is 0.342. The molecule has 0 radical (unpaired) electrons. The molecule has 2 aromatic carbocycles. The molecule has 1 aliphatic carbocycles. The van der Waals surface area contributed by atoms with E-state index in [2.05, 4.69) is 53.6 Å². The van der Waals surface area contributed by atoms with Gasteiger partial charge in [-0.15, -0.1) is 0 Å². The second-order valence-corrected chi connectivity index (χ2v) is 8.09. The quantitative estimate of drug-likeness (QED) is 0.605. The molecule has 5 rings (SSSR count). The van der Waals surface area contributed by atoms with Gasteiger partial charge in [-0.25, -0.2) is 0 Å². The Morgan fingerprint density at radius 1 is 1.07 bits per heavy atom. The van der Waals surface area contributed by atoms with Crippen molar-refractivity contribution in [3.63, 3.8) is 0 Å². The molecule has 3 aromatic rings. The highest BCUT2D eigenvalue weighted by Crippen LogP contribution is 2.42. The predicted octanol–water partition coefficient (Wildman–Crippen LogP) is 4.98. The van der Waals surface area contributed by atoms with Gasteiger partial charge in [-0.05, 0) is 72.5 Å². The zero-order chi connectivity index (χ0) is 18.4. The number of phenolic OH excluding ortho intramolecular Hbond substituents is 1. The van der Waals surface area contributed by atoms with Gasteiger partial charge in [0.15, 0.2) is 0 Å². The summed E-state index contributed by atoms with van der Waals surface area (Å²) in [6.07, 6.45) is 5.68. The van der Waals surface area contributed by atoms with Crippen LogP contribution < -0.4 is 5.32 Å². The number of benzene rings is 2. The maximum absolute atomic E-state index is 9.95. The van der Waals surface area contributed by atoms with Gasteiger partial charge >= 0.3 is 0 Å². The largest absolute Gasteiger partial charge is 0.508 e. The van der Waals surface area contributed by atoms with Crippen LogP contribution in [0.2, 0.25) is 0 Å². The Balaban J connectivity index is 1.52. The summed E-state index contributed by atoms with van der Waals surface area (Å²) in [5.74, 6) is 1.43. The van der Waals surface area contributed by atoms with Crippen molar-refractivity contribution in [2.45, 2.75) is 38.1 Å². The third kappa shape index (κ3) is 2.87. The van der Waals surface area contributed by atoms with Gasteiger partial charge in [0.25, 0.3) is 0 Å². The van der Waals surface area contributed by atoms with E-state index in [1.165, 1.54) is 34.2 Å². The van der Waals surface area contributed by atoms with Gasteiger partial charge in [0.1, 0.15) is 5.75 Å². The second kappa shape index (κ2) is 6.58. The van der Waals surface area contributed by atoms with Gasteiger partial charge in [0, 0.05) is 22.6 Å². The highest BCUT2D eigenvalue weighted by Gasteiger charge is 2.34. The molecule has 0 fully saturated rings. The summed E-state index contributed by atoms with van der Waals surface area (Å²) >= 11 is 0. The molecule has 0 saturated heterocycles. The molecule has 27 heavy (non-hydrogen) atoms. The maximum atomic E-state index is 9.95. The minimum atomic E-state index is 0.338. The lowest BCUT2D eigenvalue weighted by Gasteiger charge is -2.37. The summed E-state index contributed by atoms with van der Waals surface area (Å²) in [6.45, 7) is 3.37. The van der Waals surface area contributed by atoms with Crippen LogP contribution in [0.1, 0.15) is 42.5 Å². The zero-order valence-corrected chi connectivity index (χ0v) is 15.7. The number of aromatic hydroxyl groups is 1. The number of hydrogen-bond donors (Lipinski definition) is 3. The first-order valence-corrected chi connectivity index (χ1v) is 10.0. The molecular formula is C24H26N2O. The number of aromatic amines is 1. The SMILES string of the molecule is CC1CC(C2NCCC=C2c2cccc(O)c2)Cc2c1[nH]c1ccccc21. The summed E-state index contributed by atoms with van der Waals surface area (Å²) in [4.78, 5) is 3.67. The topological polar surface area (TPSA) is 48.0 Å². The Morgan fingerprint density at radius 2 is 1.96 bits per heavy atom. The molecule has 1 aliphatic heterocycles. The van der Waals surface area contributed by atoms with Gasteiger partial charge < -0.3 is 15.4 Å². The number of para-hydroxylation sites is 1. The molecule has 0 amide bonds. The summed E-state index contributed by atoms with van der Waals surface area (Å²) in [5, 5.41) is 15.1. The van der Waals surface area contributed by atoms with Crippen molar-refractivity contribution in [2.24, 2.45) is 5.92 Å². The van der Waals surface area contributed by atoms with E-state index in [9.17, 15) is 5.11 Å². The minimum Gasteiger partial charge on any atom is -0.508 e. The Labute approximate surface area is 160 Å². The second-order valence-electron chi connectivity index (χ2n) is 8.09. The molecule has 3 unspecified atom stereocenters. The van der Waals surface area contributed by atoms with Crippen LogP contribution >= 0.6 is 0 Å². The number of phenols is 1. The van der Waals surface area contributed by atoms with E-state index in [-0.39, 0.29) is 0 Å². The van der Waals surface area contributed by atoms with Crippen LogP contribution in [0.3, 0.4) is 0 Å². The van der Waals surface area contributed by atoms with E-state index in [1.807, 2.05) is 12.1 Å². The number of H-pyrrole nitrogens is 1. The molecule has 1 aromatic heterocycles. The highest BCUT2D eigenvalue weighted by atomic mass is 16.3. The average molecular weight is 358 g/mol. The van der Waals surface area contributed by atoms with Crippen LogP contribution in [0.15, 0.2) is 54.6 Å². The first-order chi connectivity index (χ1) is 13.2. The molecule has 2 aliphatic rings. The van der Waals surface area contributed by atoms with Crippen LogP contribution in [0, 0.1) is 5.92 Å². The Hall–Kier alpha value is -2.52. The van der Waals surface area contributed by atoms with Gasteiger partial charge in [-0.1, -0.05) is 43.3 Å². The monoisotopic (exact) mass is 358 g/mol. The number of fused-ring (bicyclic) bond motifs is 3. The van der Waals surface area contributed by atoms with Crippen molar-refractivity contribution in [3.8, 4) is 5.75 Å². The number of rotatable bonds is 2. The lowest BCUT2D eigenvalue weighted by Crippen LogP contribution is -2.42. The van der Waals surface area contributed by atoms with E-state index in [0.29, 0.717) is 23.6 Å². The molecule has 0 saturated carbocycles. The third-order valence-electron chi connectivity index (χ3n) is 6.32. The fourth-order valence-corrected chi connectivity index (χ4v) is 5.14. The molecule has 3 nitrogen and oxygen atoms in total. The predicted molar refractivity (Wildman–Crippen MR) is 111 cm³/mol. The van der Waals surface area contributed by atoms with E-state index >= 15 is 0 Å². The standard InChI is InChI=1S/C24H26N2O/c1-15-12-17(14-21-20-8-2-3-10-22(20)26-23(15)21)24-19(9-5-11-25-24)16-6-4-7-18(27)13-16/h2-4,6-10,13,15,17,24-27H,5,11-12,14H2,1H3. The van der Waals surface area contributed by atoms with Gasteiger partial charge in [-0.2, -0.15) is 0 Å². The summed E-state index contributed by atoms with van der Waals surface area (Å²) in [5.41, 5.74) is 6.67. The number of nitrogens with one attached hydrogen (secondary N) is 2. The molecule has 3 atom stereocenters. The summed E-state index contributed by atoms with van der Waals surface area (Å²) in [6, 6.07) is 16.7. The van der Waals surface area contributed by atoms with Gasteiger partial charge in [-0.3, -0.25) is 0 Å². The normalized spacial score (nSPS) is 25.2. The fourth-order valence-electron chi connectivity index (χ4n) is 5.14. The molecule has 3 heteroatoms. The number of aromatic nitrogens is 1. The summed E-state index contributed by atoms with van der Waals surface area (Å²) < 4.78 is 0. The molecule has 2 heterocycles. The van der Waals surface area contributed by atoms with E-state index in [0.717, 1.165) is 24.9 Å².